The molecule has 0 unspecified atom stereocenters. The number of benzene rings is 1. The molecule has 1 aromatic carbocycles. The molecule has 0 amide bonds. The van der Waals surface area contributed by atoms with Crippen LogP contribution in [0.15, 0.2) is 41.4 Å². The summed E-state index contributed by atoms with van der Waals surface area (Å²) in [4.78, 5) is 0. The molecule has 18 heavy (non-hydrogen) atoms. The van der Waals surface area contributed by atoms with E-state index in [1.54, 1.807) is 0 Å². The fourth-order valence-corrected chi connectivity index (χ4v) is 2.08. The first kappa shape index (κ1) is 13.5. The normalized spacial score (nSPS) is 32.1. The number of aliphatic hydroxyl groups excluding tert-OH is 2. The maximum absolute atomic E-state index is 13.7. The van der Waals surface area contributed by atoms with Crippen molar-refractivity contribution < 1.29 is 19.3 Å². The number of aliphatic hydroxyl groups is 2. The molecule has 0 saturated carbocycles. The van der Waals surface area contributed by atoms with Crippen molar-refractivity contribution in [2.24, 2.45) is 0 Å². The fourth-order valence-electron chi connectivity index (χ4n) is 1.83. The van der Waals surface area contributed by atoms with E-state index in [9.17, 15) is 14.6 Å². The predicted octanol–water partition coefficient (Wildman–Crippen LogP) is 1.77. The molecule has 1 aliphatic rings. The molecule has 0 spiro atoms. The minimum absolute atomic E-state index is 0.0884. The van der Waals surface area contributed by atoms with Gasteiger partial charge in [0.15, 0.2) is 0 Å². The molecule has 98 valence electrons. The van der Waals surface area contributed by atoms with Gasteiger partial charge in [0.1, 0.15) is 24.5 Å². The Balaban J connectivity index is 2.01. The predicted molar refractivity (Wildman–Crippen MR) is 65.9 cm³/mol. The minimum Gasteiger partial charge on any atom is -0.387 e. The average Bonchev–Trinajstić information content (AvgIpc) is 2.37. The van der Waals surface area contributed by atoms with Crippen LogP contribution in [0.5, 0.6) is 0 Å². The smallest absolute Gasteiger partial charge is 0.148 e. The standard InChI is InChI=1S/C13H14ClFO3/c14-9-6-10(15)13(12(17)11(9)16)18-7-8-4-2-1-3-5-8/h1-6,10-13,16-17H,7H2/t10-,11+,12+,13+/m0/s1. The van der Waals surface area contributed by atoms with E-state index in [0.717, 1.165) is 11.6 Å². The van der Waals surface area contributed by atoms with E-state index in [4.69, 9.17) is 16.3 Å². The van der Waals surface area contributed by atoms with Gasteiger partial charge in [-0.1, -0.05) is 41.9 Å². The van der Waals surface area contributed by atoms with Gasteiger partial charge in [-0.05, 0) is 11.6 Å². The summed E-state index contributed by atoms with van der Waals surface area (Å²) >= 11 is 5.59. The molecule has 0 radical (unpaired) electrons. The van der Waals surface area contributed by atoms with Crippen LogP contribution in [0, 0.1) is 0 Å². The SMILES string of the molecule is O[C@H]1[C@H](OCc2ccccc2)[C@@H](F)C=C(Cl)[C@H]1O. The molecule has 0 aliphatic heterocycles. The molecule has 1 aliphatic carbocycles. The largest absolute Gasteiger partial charge is 0.387 e. The number of ether oxygens (including phenoxy) is 1. The van der Waals surface area contributed by atoms with Crippen LogP contribution in [0.25, 0.3) is 0 Å². The van der Waals surface area contributed by atoms with Crippen LogP contribution in [-0.2, 0) is 11.3 Å². The summed E-state index contributed by atoms with van der Waals surface area (Å²) < 4.78 is 19.0. The minimum atomic E-state index is -1.53. The van der Waals surface area contributed by atoms with E-state index in [0.29, 0.717) is 0 Å². The molecular formula is C13H14ClFO3. The topological polar surface area (TPSA) is 49.7 Å². The second kappa shape index (κ2) is 5.80. The zero-order chi connectivity index (χ0) is 13.1. The van der Waals surface area contributed by atoms with Crippen molar-refractivity contribution >= 4 is 11.6 Å². The van der Waals surface area contributed by atoms with E-state index in [-0.39, 0.29) is 11.6 Å². The summed E-state index contributed by atoms with van der Waals surface area (Å²) in [7, 11) is 0. The maximum Gasteiger partial charge on any atom is 0.148 e. The maximum atomic E-state index is 13.7. The number of hydrogen-bond donors (Lipinski definition) is 2. The molecule has 0 saturated heterocycles. The second-order valence-corrected chi connectivity index (χ2v) is 4.63. The fraction of sp³-hybridized carbons (Fsp3) is 0.385. The van der Waals surface area contributed by atoms with Crippen LogP contribution in [-0.4, -0.2) is 34.7 Å². The summed E-state index contributed by atoms with van der Waals surface area (Å²) in [6.45, 7) is 0.168. The third kappa shape index (κ3) is 2.90. The highest BCUT2D eigenvalue weighted by Crippen LogP contribution is 2.27. The lowest BCUT2D eigenvalue weighted by Gasteiger charge is -2.32. The van der Waals surface area contributed by atoms with Gasteiger partial charge in [-0.25, -0.2) is 4.39 Å². The Hall–Kier alpha value is -0.940. The van der Waals surface area contributed by atoms with Gasteiger partial charge in [0.05, 0.1) is 6.61 Å². The Morgan fingerprint density at radius 3 is 2.56 bits per heavy atom. The zero-order valence-corrected chi connectivity index (χ0v) is 10.3. The highest BCUT2D eigenvalue weighted by Gasteiger charge is 2.39. The molecule has 0 fully saturated rings. The third-order valence-electron chi connectivity index (χ3n) is 2.86. The Kier molecular flexibility index (Phi) is 4.35. The lowest BCUT2D eigenvalue weighted by molar-refractivity contribution is -0.112. The van der Waals surface area contributed by atoms with Gasteiger partial charge in [0, 0.05) is 5.03 Å². The Bertz CT molecular complexity index is 424. The molecule has 3 nitrogen and oxygen atoms in total. The highest BCUT2D eigenvalue weighted by molar-refractivity contribution is 6.30. The first-order valence-electron chi connectivity index (χ1n) is 5.62. The monoisotopic (exact) mass is 272 g/mol. The van der Waals surface area contributed by atoms with Crippen molar-refractivity contribution in [2.45, 2.75) is 31.1 Å². The average molecular weight is 273 g/mol. The van der Waals surface area contributed by atoms with Crippen LogP contribution >= 0.6 is 11.6 Å². The van der Waals surface area contributed by atoms with Crippen molar-refractivity contribution in [1.82, 2.24) is 0 Å². The Morgan fingerprint density at radius 2 is 1.89 bits per heavy atom. The molecule has 5 heteroatoms. The van der Waals surface area contributed by atoms with Crippen LogP contribution in [0.3, 0.4) is 0 Å². The number of rotatable bonds is 3. The highest BCUT2D eigenvalue weighted by atomic mass is 35.5. The van der Waals surface area contributed by atoms with Crippen molar-refractivity contribution in [3.05, 3.63) is 47.0 Å². The first-order valence-corrected chi connectivity index (χ1v) is 6.00. The van der Waals surface area contributed by atoms with Crippen LogP contribution in [0.4, 0.5) is 4.39 Å². The second-order valence-electron chi connectivity index (χ2n) is 4.19. The van der Waals surface area contributed by atoms with Crippen LogP contribution in [0.2, 0.25) is 0 Å². The van der Waals surface area contributed by atoms with Gasteiger partial charge in [-0.3, -0.25) is 0 Å². The van der Waals surface area contributed by atoms with Gasteiger partial charge in [0.25, 0.3) is 0 Å². The lowest BCUT2D eigenvalue weighted by atomic mass is 9.96. The van der Waals surface area contributed by atoms with Crippen molar-refractivity contribution in [1.29, 1.82) is 0 Å². The molecule has 2 rings (SSSR count). The number of hydrogen-bond acceptors (Lipinski definition) is 3. The molecule has 4 atom stereocenters. The number of alkyl halides is 1. The molecule has 0 heterocycles. The number of halogens is 2. The van der Waals surface area contributed by atoms with Gasteiger partial charge in [-0.2, -0.15) is 0 Å². The molecule has 0 bridgehead atoms. The summed E-state index contributed by atoms with van der Waals surface area (Å²) in [6.07, 6.45) is -4.22. The third-order valence-corrected chi connectivity index (χ3v) is 3.21. The van der Waals surface area contributed by atoms with E-state index in [1.165, 1.54) is 0 Å². The van der Waals surface area contributed by atoms with E-state index in [2.05, 4.69) is 0 Å². The van der Waals surface area contributed by atoms with Gasteiger partial charge < -0.3 is 14.9 Å². The van der Waals surface area contributed by atoms with Gasteiger partial charge >= 0.3 is 0 Å². The first-order chi connectivity index (χ1) is 8.59. The van der Waals surface area contributed by atoms with E-state index in [1.807, 2.05) is 30.3 Å². The molecule has 1 aromatic rings. The van der Waals surface area contributed by atoms with Crippen molar-refractivity contribution in [3.8, 4) is 0 Å². The Morgan fingerprint density at radius 1 is 1.22 bits per heavy atom. The van der Waals surface area contributed by atoms with Gasteiger partial charge in [0.2, 0.25) is 0 Å². The van der Waals surface area contributed by atoms with E-state index < -0.39 is 24.5 Å². The van der Waals surface area contributed by atoms with Crippen molar-refractivity contribution in [3.63, 3.8) is 0 Å². The zero-order valence-electron chi connectivity index (χ0n) is 9.54. The van der Waals surface area contributed by atoms with Crippen LogP contribution in [0.1, 0.15) is 5.56 Å². The summed E-state index contributed by atoms with van der Waals surface area (Å²) in [6, 6.07) is 9.22. The summed E-state index contributed by atoms with van der Waals surface area (Å²) in [5.74, 6) is 0. The molecule has 2 N–H and O–H groups in total. The van der Waals surface area contributed by atoms with E-state index >= 15 is 0 Å². The summed E-state index contributed by atoms with van der Waals surface area (Å²) in [5.41, 5.74) is 0.868. The molecular weight excluding hydrogens is 259 g/mol. The molecule has 0 aromatic heterocycles. The summed E-state index contributed by atoms with van der Waals surface area (Å²) in [5, 5.41) is 19.2. The quantitative estimate of drug-likeness (QED) is 0.882. The van der Waals surface area contributed by atoms with Gasteiger partial charge in [-0.15, -0.1) is 0 Å². The van der Waals surface area contributed by atoms with Crippen LogP contribution < -0.4 is 0 Å². The lowest BCUT2D eigenvalue weighted by Crippen LogP contribution is -2.47. The van der Waals surface area contributed by atoms with Crippen molar-refractivity contribution in [2.75, 3.05) is 0 Å². The Labute approximate surface area is 109 Å².